The van der Waals surface area contributed by atoms with Gasteiger partial charge in [-0.15, -0.1) is 0 Å². The van der Waals surface area contributed by atoms with Crippen LogP contribution in [0.15, 0.2) is 28.7 Å². The maximum absolute atomic E-state index is 12.0. The standard InChI is InChI=1S/C14H14ClNO3/c15-10-3-4-12-9(6-10)7-13(19-12)14(17)16-8-11-2-1-5-18-11/h3-4,6-7,11H,1-2,5,8H2,(H,16,17). The van der Waals surface area contributed by atoms with Gasteiger partial charge in [-0.25, -0.2) is 0 Å². The second kappa shape index (κ2) is 5.23. The van der Waals surface area contributed by atoms with E-state index in [0.717, 1.165) is 24.8 Å². The van der Waals surface area contributed by atoms with Gasteiger partial charge < -0.3 is 14.5 Å². The number of hydrogen-bond donors (Lipinski definition) is 1. The fraction of sp³-hybridized carbons (Fsp3) is 0.357. The number of carbonyl (C=O) groups is 1. The Morgan fingerprint density at radius 1 is 1.42 bits per heavy atom. The number of furan rings is 1. The maximum Gasteiger partial charge on any atom is 0.287 e. The highest BCUT2D eigenvalue weighted by Crippen LogP contribution is 2.23. The van der Waals surface area contributed by atoms with Gasteiger partial charge in [0.1, 0.15) is 5.58 Å². The summed E-state index contributed by atoms with van der Waals surface area (Å²) in [5.74, 6) is 0.0816. The summed E-state index contributed by atoms with van der Waals surface area (Å²) < 4.78 is 10.9. The van der Waals surface area contributed by atoms with E-state index >= 15 is 0 Å². The molecule has 1 aliphatic rings. The van der Waals surface area contributed by atoms with E-state index in [1.807, 2.05) is 0 Å². The largest absolute Gasteiger partial charge is 0.451 e. The molecule has 0 saturated carbocycles. The molecule has 0 spiro atoms. The highest BCUT2D eigenvalue weighted by atomic mass is 35.5. The second-order valence-electron chi connectivity index (χ2n) is 4.64. The Morgan fingerprint density at radius 3 is 3.11 bits per heavy atom. The molecule has 1 saturated heterocycles. The highest BCUT2D eigenvalue weighted by Gasteiger charge is 2.18. The first-order valence-corrected chi connectivity index (χ1v) is 6.69. The number of ether oxygens (including phenoxy) is 1. The minimum absolute atomic E-state index is 0.128. The predicted molar refractivity (Wildman–Crippen MR) is 72.5 cm³/mol. The quantitative estimate of drug-likeness (QED) is 0.940. The van der Waals surface area contributed by atoms with Crippen LogP contribution in [0.3, 0.4) is 0 Å². The maximum atomic E-state index is 12.0. The zero-order valence-corrected chi connectivity index (χ0v) is 11.1. The summed E-state index contributed by atoms with van der Waals surface area (Å²) in [6.07, 6.45) is 2.18. The molecule has 100 valence electrons. The van der Waals surface area contributed by atoms with Crippen LogP contribution < -0.4 is 5.32 Å². The molecule has 0 radical (unpaired) electrons. The van der Waals surface area contributed by atoms with Gasteiger partial charge >= 0.3 is 0 Å². The summed E-state index contributed by atoms with van der Waals surface area (Å²) in [7, 11) is 0. The molecule has 1 amide bonds. The van der Waals surface area contributed by atoms with Gasteiger partial charge in [0.25, 0.3) is 5.91 Å². The first-order valence-electron chi connectivity index (χ1n) is 6.31. The van der Waals surface area contributed by atoms with E-state index in [-0.39, 0.29) is 12.0 Å². The molecule has 1 N–H and O–H groups in total. The van der Waals surface area contributed by atoms with Crippen molar-refractivity contribution < 1.29 is 13.9 Å². The van der Waals surface area contributed by atoms with E-state index in [0.29, 0.717) is 22.9 Å². The second-order valence-corrected chi connectivity index (χ2v) is 5.07. The molecule has 1 atom stereocenters. The van der Waals surface area contributed by atoms with Gasteiger partial charge in [-0.2, -0.15) is 0 Å². The summed E-state index contributed by atoms with van der Waals surface area (Å²) in [5.41, 5.74) is 0.659. The third kappa shape index (κ3) is 2.74. The minimum atomic E-state index is -0.220. The van der Waals surface area contributed by atoms with Crippen molar-refractivity contribution >= 4 is 28.5 Å². The van der Waals surface area contributed by atoms with Crippen molar-refractivity contribution in [2.75, 3.05) is 13.2 Å². The molecule has 0 bridgehead atoms. The molecule has 1 unspecified atom stereocenters. The first kappa shape index (κ1) is 12.5. The highest BCUT2D eigenvalue weighted by molar-refractivity contribution is 6.31. The van der Waals surface area contributed by atoms with Crippen LogP contribution in [0.5, 0.6) is 0 Å². The van der Waals surface area contributed by atoms with Crippen LogP contribution in [0.25, 0.3) is 11.0 Å². The number of nitrogens with one attached hydrogen (secondary N) is 1. The molecule has 4 nitrogen and oxygen atoms in total. The summed E-state index contributed by atoms with van der Waals surface area (Å²) in [5, 5.41) is 4.28. The molecule has 1 aromatic heterocycles. The summed E-state index contributed by atoms with van der Waals surface area (Å²) in [4.78, 5) is 12.0. The molecule has 2 aromatic rings. The van der Waals surface area contributed by atoms with E-state index in [1.54, 1.807) is 24.3 Å². The molecular formula is C14H14ClNO3. The lowest BCUT2D eigenvalue weighted by Crippen LogP contribution is -2.31. The van der Waals surface area contributed by atoms with Crippen LogP contribution in [-0.2, 0) is 4.74 Å². The van der Waals surface area contributed by atoms with Gasteiger partial charge in [-0.1, -0.05) is 11.6 Å². The number of benzene rings is 1. The normalized spacial score (nSPS) is 18.9. The average Bonchev–Trinajstić information content (AvgIpc) is 3.04. The lowest BCUT2D eigenvalue weighted by molar-refractivity contribution is 0.0837. The van der Waals surface area contributed by atoms with Gasteiger partial charge in [0, 0.05) is 23.6 Å². The van der Waals surface area contributed by atoms with Gasteiger partial charge in [0.05, 0.1) is 6.10 Å². The van der Waals surface area contributed by atoms with E-state index in [4.69, 9.17) is 20.8 Å². The van der Waals surface area contributed by atoms with Gasteiger partial charge in [0.2, 0.25) is 0 Å². The third-order valence-corrected chi connectivity index (χ3v) is 3.45. The van der Waals surface area contributed by atoms with Crippen molar-refractivity contribution in [1.29, 1.82) is 0 Å². The number of rotatable bonds is 3. The summed E-state index contributed by atoms with van der Waals surface area (Å²) >= 11 is 5.90. The Balaban J connectivity index is 1.70. The van der Waals surface area contributed by atoms with Crippen molar-refractivity contribution in [3.63, 3.8) is 0 Å². The Bertz CT molecular complexity index is 602. The van der Waals surface area contributed by atoms with Crippen LogP contribution in [0.2, 0.25) is 5.02 Å². The Morgan fingerprint density at radius 2 is 2.32 bits per heavy atom. The van der Waals surface area contributed by atoms with E-state index in [9.17, 15) is 4.79 Å². The van der Waals surface area contributed by atoms with Crippen LogP contribution >= 0.6 is 11.6 Å². The van der Waals surface area contributed by atoms with Gasteiger partial charge in [-0.05, 0) is 37.1 Å². The van der Waals surface area contributed by atoms with E-state index < -0.39 is 0 Å². The van der Waals surface area contributed by atoms with Crippen molar-refractivity contribution in [3.05, 3.63) is 35.0 Å². The van der Waals surface area contributed by atoms with Crippen molar-refractivity contribution in [2.45, 2.75) is 18.9 Å². The predicted octanol–water partition coefficient (Wildman–Crippen LogP) is 3.00. The zero-order valence-electron chi connectivity index (χ0n) is 10.3. The fourth-order valence-corrected chi connectivity index (χ4v) is 2.41. The summed E-state index contributed by atoms with van der Waals surface area (Å²) in [6.45, 7) is 1.31. The lowest BCUT2D eigenvalue weighted by Gasteiger charge is -2.09. The summed E-state index contributed by atoms with van der Waals surface area (Å²) in [6, 6.07) is 6.97. The minimum Gasteiger partial charge on any atom is -0.451 e. The van der Waals surface area contributed by atoms with Crippen molar-refractivity contribution in [2.24, 2.45) is 0 Å². The average molecular weight is 280 g/mol. The SMILES string of the molecule is O=C(NCC1CCCO1)c1cc2cc(Cl)ccc2o1. The molecule has 3 rings (SSSR count). The fourth-order valence-electron chi connectivity index (χ4n) is 2.23. The molecule has 1 aromatic carbocycles. The Labute approximate surface area is 115 Å². The number of fused-ring (bicyclic) bond motifs is 1. The molecule has 2 heterocycles. The van der Waals surface area contributed by atoms with Crippen LogP contribution in [0.4, 0.5) is 0 Å². The first-order chi connectivity index (χ1) is 9.22. The van der Waals surface area contributed by atoms with Gasteiger partial charge in [0.15, 0.2) is 5.76 Å². The molecule has 1 fully saturated rings. The topological polar surface area (TPSA) is 51.5 Å². The zero-order chi connectivity index (χ0) is 13.2. The Hall–Kier alpha value is -1.52. The molecule has 0 aliphatic carbocycles. The monoisotopic (exact) mass is 279 g/mol. The third-order valence-electron chi connectivity index (χ3n) is 3.22. The molecule has 5 heteroatoms. The molecule has 19 heavy (non-hydrogen) atoms. The number of hydrogen-bond acceptors (Lipinski definition) is 3. The smallest absolute Gasteiger partial charge is 0.287 e. The van der Waals surface area contributed by atoms with E-state index in [2.05, 4.69) is 5.32 Å². The van der Waals surface area contributed by atoms with Crippen LogP contribution in [0.1, 0.15) is 23.4 Å². The molecule has 1 aliphatic heterocycles. The Kier molecular flexibility index (Phi) is 3.44. The number of amides is 1. The van der Waals surface area contributed by atoms with Crippen molar-refractivity contribution in [1.82, 2.24) is 5.32 Å². The van der Waals surface area contributed by atoms with E-state index in [1.165, 1.54) is 0 Å². The van der Waals surface area contributed by atoms with Crippen LogP contribution in [-0.4, -0.2) is 25.2 Å². The molecular weight excluding hydrogens is 266 g/mol. The number of halogens is 1. The van der Waals surface area contributed by atoms with Crippen molar-refractivity contribution in [3.8, 4) is 0 Å². The van der Waals surface area contributed by atoms with Crippen LogP contribution in [0, 0.1) is 0 Å². The number of carbonyl (C=O) groups excluding carboxylic acids is 1. The van der Waals surface area contributed by atoms with Gasteiger partial charge in [-0.3, -0.25) is 4.79 Å². The lowest BCUT2D eigenvalue weighted by atomic mass is 10.2.